The number of rotatable bonds is 20. The van der Waals surface area contributed by atoms with Crippen LogP contribution in [0.25, 0.3) is 0 Å². The predicted octanol–water partition coefficient (Wildman–Crippen LogP) is 4.46. The molecule has 3 saturated heterocycles. The summed E-state index contributed by atoms with van der Waals surface area (Å²) in [5.74, 6) is -1.84. The molecule has 19 nitrogen and oxygen atoms in total. The molecule has 20 atom stereocenters. The lowest BCUT2D eigenvalue weighted by atomic mass is 9.77. The quantitative estimate of drug-likeness (QED) is 0.0794. The highest BCUT2D eigenvalue weighted by molar-refractivity contribution is 7.98. The van der Waals surface area contributed by atoms with Crippen molar-refractivity contribution in [2.75, 3.05) is 66.6 Å². The molecule has 0 bridgehead atoms. The second-order valence-corrected chi connectivity index (χ2v) is 23.9. The van der Waals surface area contributed by atoms with Crippen molar-refractivity contribution in [2.24, 2.45) is 17.8 Å². The maximum atomic E-state index is 14.9. The number of aromatic nitrogens is 3. The van der Waals surface area contributed by atoms with Gasteiger partial charge in [0.05, 0.1) is 47.2 Å². The van der Waals surface area contributed by atoms with E-state index >= 15 is 0 Å². The SMILES string of the molecule is CC[C@H]1OC(=O)[C@H](C)[C@@H](O[C@H]2C[C@@](C)(OC)[C@@H](O)[C@H](C)O2)[C@H](C)[C@@H](O[C@@H]2O[C@H](C)C[C@H](N(C)CCc3cn([C@H](CF)[C@H](OC)c4ccc(CNCCSC)cc4)nn3)[C@H]2O)[C@](C)(O)C[C@@H](C)CN(C)[C@H](C)[C@@H](O)[C@]1(C)O. The van der Waals surface area contributed by atoms with Crippen LogP contribution in [0.2, 0.25) is 0 Å². The van der Waals surface area contributed by atoms with Crippen molar-refractivity contribution in [3.05, 3.63) is 47.3 Å². The minimum Gasteiger partial charge on any atom is -0.459 e. The number of aliphatic hydroxyl groups excluding tert-OH is 3. The largest absolute Gasteiger partial charge is 0.459 e. The maximum absolute atomic E-state index is 14.9. The lowest BCUT2D eigenvalue weighted by molar-refractivity contribution is -0.318. The molecule has 1 aromatic carbocycles. The fraction of sp³-hybridized carbons (Fsp3) is 0.836. The minimum absolute atomic E-state index is 0.0869. The molecule has 0 radical (unpaired) electrons. The van der Waals surface area contributed by atoms with Crippen LogP contribution in [-0.4, -0.2) is 213 Å². The summed E-state index contributed by atoms with van der Waals surface area (Å²) in [6.45, 7) is 19.2. The summed E-state index contributed by atoms with van der Waals surface area (Å²) in [4.78, 5) is 18.5. The third kappa shape index (κ3) is 15.7. The highest BCUT2D eigenvalue weighted by Crippen LogP contribution is 2.41. The van der Waals surface area contributed by atoms with Crippen molar-refractivity contribution < 1.29 is 67.9 Å². The van der Waals surface area contributed by atoms with Crippen LogP contribution in [0.15, 0.2) is 30.5 Å². The number of benzene rings is 1. The summed E-state index contributed by atoms with van der Waals surface area (Å²) in [6, 6.07) is 6.12. The first-order valence-corrected chi connectivity index (χ1v) is 28.7. The van der Waals surface area contributed by atoms with Crippen LogP contribution in [0.4, 0.5) is 4.39 Å². The summed E-state index contributed by atoms with van der Waals surface area (Å²) in [7, 11) is 6.78. The van der Waals surface area contributed by atoms with Gasteiger partial charge in [0, 0.05) is 83.2 Å². The molecule has 2 aromatic rings. The maximum Gasteiger partial charge on any atom is 0.311 e. The predicted molar refractivity (Wildman–Crippen MR) is 288 cm³/mol. The van der Waals surface area contributed by atoms with E-state index in [-0.39, 0.29) is 25.2 Å². The Bertz CT molecular complexity index is 2060. The van der Waals surface area contributed by atoms with Crippen molar-refractivity contribution in [1.29, 1.82) is 0 Å². The Morgan fingerprint density at radius 2 is 1.68 bits per heavy atom. The van der Waals surface area contributed by atoms with Gasteiger partial charge in [-0.3, -0.25) is 4.79 Å². The normalized spacial score (nSPS) is 38.6. The number of aliphatic hydroxyl groups is 5. The molecule has 5 rings (SSSR count). The molecule has 3 aliphatic heterocycles. The summed E-state index contributed by atoms with van der Waals surface area (Å²) >= 11 is 1.79. The first-order chi connectivity index (χ1) is 35.8. The third-order valence-corrected chi connectivity index (χ3v) is 17.2. The highest BCUT2D eigenvalue weighted by atomic mass is 32.2. The van der Waals surface area contributed by atoms with E-state index in [0.29, 0.717) is 31.6 Å². The van der Waals surface area contributed by atoms with E-state index < -0.39 is 127 Å². The Balaban J connectivity index is 1.41. The zero-order valence-corrected chi connectivity index (χ0v) is 48.8. The van der Waals surface area contributed by atoms with Crippen molar-refractivity contribution in [2.45, 2.75) is 210 Å². The minimum atomic E-state index is -1.85. The van der Waals surface area contributed by atoms with Gasteiger partial charge in [0.25, 0.3) is 0 Å². The number of alkyl halides is 1. The van der Waals surface area contributed by atoms with Gasteiger partial charge in [-0.1, -0.05) is 50.3 Å². The Morgan fingerprint density at radius 3 is 2.30 bits per heavy atom. The van der Waals surface area contributed by atoms with Gasteiger partial charge in [0.1, 0.15) is 48.8 Å². The van der Waals surface area contributed by atoms with E-state index in [0.717, 1.165) is 30.0 Å². The van der Waals surface area contributed by atoms with Crippen molar-refractivity contribution in [1.82, 2.24) is 30.1 Å². The second-order valence-electron chi connectivity index (χ2n) is 22.9. The fourth-order valence-corrected chi connectivity index (χ4v) is 12.1. The summed E-state index contributed by atoms with van der Waals surface area (Å²) in [6.07, 6.45) is -5.79. The average molecular weight is 1100 g/mol. The number of hydrogen-bond donors (Lipinski definition) is 6. The average Bonchev–Trinajstić information content (AvgIpc) is 3.85. The van der Waals surface area contributed by atoms with Gasteiger partial charge in [-0.25, -0.2) is 9.07 Å². The topological polar surface area (TPSA) is 232 Å². The van der Waals surface area contributed by atoms with Gasteiger partial charge in [-0.2, -0.15) is 11.8 Å². The van der Waals surface area contributed by atoms with Crippen molar-refractivity contribution in [3.8, 4) is 0 Å². The molecule has 4 heterocycles. The van der Waals surface area contributed by atoms with E-state index in [4.69, 9.17) is 33.2 Å². The molecule has 0 spiro atoms. The van der Waals surface area contributed by atoms with Crippen molar-refractivity contribution >= 4 is 17.7 Å². The van der Waals surface area contributed by atoms with E-state index in [1.54, 1.807) is 73.5 Å². The van der Waals surface area contributed by atoms with Crippen molar-refractivity contribution in [3.63, 3.8) is 0 Å². The molecule has 21 heteroatoms. The van der Waals surface area contributed by atoms with Crippen LogP contribution in [0.3, 0.4) is 0 Å². The number of thioether (sulfide) groups is 1. The molecule has 0 aliphatic carbocycles. The zero-order valence-electron chi connectivity index (χ0n) is 48.0. The molecule has 0 amide bonds. The molecule has 0 saturated carbocycles. The molecule has 1 aromatic heterocycles. The summed E-state index contributed by atoms with van der Waals surface area (Å²) in [5, 5.41) is 72.1. The Labute approximate surface area is 456 Å². The highest BCUT2D eigenvalue weighted by Gasteiger charge is 2.53. The number of cyclic esters (lactones) is 1. The smallest absolute Gasteiger partial charge is 0.311 e. The number of hydrogen-bond acceptors (Lipinski definition) is 19. The van der Waals surface area contributed by atoms with Crippen LogP contribution in [0.5, 0.6) is 0 Å². The third-order valence-electron chi connectivity index (χ3n) is 16.6. The van der Waals surface area contributed by atoms with E-state index in [9.17, 15) is 34.7 Å². The van der Waals surface area contributed by atoms with Gasteiger partial charge < -0.3 is 73.8 Å². The number of nitrogens with zero attached hydrogens (tertiary/aromatic N) is 5. The summed E-state index contributed by atoms with van der Waals surface area (Å²) < 4.78 is 60.6. The van der Waals surface area contributed by atoms with Gasteiger partial charge in [0.2, 0.25) is 0 Å². The standard InChI is InChI=1S/C55H95FN6O13S/c1-16-43-55(10,68)48(64)36(6)61(12)30-32(2)26-53(8,67)50(34(4)46(35(5)51(66)73-43)74-44-27-54(9,70-14)49(65)37(7)72-44)75-52-45(63)41(25-33(3)71-52)60(11)23-21-40-31-62(59-58-40)42(28-56)47(69-13)39-19-17-38(18-20-39)29-57-22-24-76-15/h17-20,31-37,41-50,52,57,63-65,67-68H,16,21-30H2,1-15H3/t32-,33-,34+,35-,36-,37+,41+,42-,43-,44+,45-,46+,47-,48-,49+,50-,52+,53-,54-,55-/m1/s1. The molecule has 3 fully saturated rings. The second kappa shape index (κ2) is 28.3. The molecule has 6 N–H and O–H groups in total. The van der Waals surface area contributed by atoms with E-state index in [1.165, 1.54) is 18.7 Å². The Hall–Kier alpha value is -2.45. The lowest BCUT2D eigenvalue weighted by Crippen LogP contribution is -2.61. The molecule has 0 unspecified atom stereocenters. The Morgan fingerprint density at radius 1 is 1.00 bits per heavy atom. The first-order valence-electron chi connectivity index (χ1n) is 27.3. The molecular weight excluding hydrogens is 1000 g/mol. The molecular formula is C55H95FN6O13S. The first kappa shape index (κ1) is 64.4. The van der Waals surface area contributed by atoms with Gasteiger partial charge >= 0.3 is 5.97 Å². The number of likely N-dealkylation sites (N-methyl/N-ethyl adjacent to an activating group) is 2. The monoisotopic (exact) mass is 1100 g/mol. The van der Waals surface area contributed by atoms with Crippen LogP contribution < -0.4 is 5.32 Å². The van der Waals surface area contributed by atoms with Crippen LogP contribution in [0.1, 0.15) is 124 Å². The number of ether oxygens (including phenoxy) is 7. The number of halogens is 1. The number of nitrogens with one attached hydrogen (secondary N) is 1. The zero-order chi connectivity index (χ0) is 56.4. The van der Waals surface area contributed by atoms with E-state index in [2.05, 4.69) is 21.9 Å². The Kier molecular flexibility index (Phi) is 24.0. The molecule has 76 heavy (non-hydrogen) atoms. The number of carbonyl (C=O) groups is 1. The van der Waals surface area contributed by atoms with Gasteiger partial charge in [-0.15, -0.1) is 5.10 Å². The lowest BCUT2D eigenvalue weighted by Gasteiger charge is -2.49. The number of methoxy groups -OCH3 is 2. The van der Waals surface area contributed by atoms with Crippen LogP contribution in [0, 0.1) is 17.8 Å². The van der Waals surface area contributed by atoms with Gasteiger partial charge in [0.15, 0.2) is 12.6 Å². The fourth-order valence-electron chi connectivity index (χ4n) is 11.7. The molecule has 3 aliphatic rings. The molecule has 436 valence electrons. The number of carbonyl (C=O) groups excluding carboxylic acids is 1. The van der Waals surface area contributed by atoms with Crippen LogP contribution >= 0.6 is 11.8 Å². The number of esters is 1. The van der Waals surface area contributed by atoms with E-state index in [1.807, 2.05) is 62.0 Å². The summed E-state index contributed by atoms with van der Waals surface area (Å²) in [5.41, 5.74) is -2.02. The van der Waals surface area contributed by atoms with Gasteiger partial charge in [-0.05, 0) is 105 Å². The van der Waals surface area contributed by atoms with Crippen LogP contribution in [-0.2, 0) is 50.9 Å².